The van der Waals surface area contributed by atoms with Crippen LogP contribution >= 0.6 is 11.6 Å². The van der Waals surface area contributed by atoms with Crippen LogP contribution in [0.4, 0.5) is 17.5 Å². The molecular weight excluding hydrogens is 346 g/mol. The zero-order chi connectivity index (χ0) is 18.4. The Hall–Kier alpha value is -2.01. The minimum atomic E-state index is 0.744. The summed E-state index contributed by atoms with van der Waals surface area (Å²) >= 11 is 6.12. The molecule has 1 aromatic heterocycles. The van der Waals surface area contributed by atoms with Crippen molar-refractivity contribution < 1.29 is 0 Å². The molecule has 1 aliphatic heterocycles. The highest BCUT2D eigenvalue weighted by Gasteiger charge is 2.19. The quantitative estimate of drug-likeness (QED) is 0.730. The second kappa shape index (κ2) is 9.08. The fraction of sp³-hybridized carbons (Fsp3) is 0.500. The van der Waals surface area contributed by atoms with Crippen molar-refractivity contribution in [3.05, 3.63) is 41.0 Å². The number of piperazine rings is 1. The molecule has 0 bridgehead atoms. The van der Waals surface area contributed by atoms with Gasteiger partial charge in [-0.3, -0.25) is 0 Å². The first-order valence-corrected chi connectivity index (χ1v) is 9.88. The predicted octanol–water partition coefficient (Wildman–Crippen LogP) is 4.37. The van der Waals surface area contributed by atoms with Gasteiger partial charge in [0.2, 0.25) is 5.95 Å². The normalized spacial score (nSPS) is 14.6. The van der Waals surface area contributed by atoms with Gasteiger partial charge in [0.1, 0.15) is 5.82 Å². The molecule has 0 saturated carbocycles. The Kier molecular flexibility index (Phi) is 6.56. The Morgan fingerprint density at radius 3 is 2.54 bits per heavy atom. The maximum atomic E-state index is 6.12. The van der Waals surface area contributed by atoms with E-state index in [0.29, 0.717) is 0 Å². The summed E-state index contributed by atoms with van der Waals surface area (Å²) in [4.78, 5) is 14.0. The molecular formula is C20H28ClN5. The number of aryl methyl sites for hydroxylation is 1. The number of nitrogens with one attached hydrogen (secondary N) is 1. The maximum Gasteiger partial charge on any atom is 0.224 e. The summed E-state index contributed by atoms with van der Waals surface area (Å²) < 4.78 is 0. The monoisotopic (exact) mass is 373 g/mol. The minimum Gasteiger partial charge on any atom is -0.368 e. The number of unbranched alkanes of at least 4 members (excludes halogenated alkanes) is 2. The van der Waals surface area contributed by atoms with E-state index in [4.69, 9.17) is 16.6 Å². The summed E-state index contributed by atoms with van der Waals surface area (Å²) in [5, 5.41) is 4.15. The molecule has 140 valence electrons. The number of anilines is 3. The maximum absolute atomic E-state index is 6.12. The predicted molar refractivity (Wildman–Crippen MR) is 111 cm³/mol. The van der Waals surface area contributed by atoms with E-state index in [9.17, 15) is 0 Å². The van der Waals surface area contributed by atoms with E-state index in [1.807, 2.05) is 25.1 Å². The van der Waals surface area contributed by atoms with Crippen LogP contribution in [0.15, 0.2) is 30.3 Å². The van der Waals surface area contributed by atoms with Gasteiger partial charge < -0.3 is 15.1 Å². The molecule has 1 N–H and O–H groups in total. The van der Waals surface area contributed by atoms with Crippen molar-refractivity contribution in [1.82, 2.24) is 9.97 Å². The molecule has 1 aliphatic rings. The first-order valence-electron chi connectivity index (χ1n) is 9.50. The standard InChI is InChI=1S/C20H28ClN5/c1-3-4-5-9-22-20-23-16(2)14-19(24-20)26-12-10-25(11-13-26)18-8-6-7-17(21)15-18/h6-8,14-15H,3-5,9-13H2,1-2H3,(H,22,23,24). The van der Waals surface area contributed by atoms with E-state index >= 15 is 0 Å². The number of aromatic nitrogens is 2. The van der Waals surface area contributed by atoms with Crippen LogP contribution in [0.5, 0.6) is 0 Å². The Labute approximate surface area is 161 Å². The van der Waals surface area contributed by atoms with Gasteiger partial charge in [-0.25, -0.2) is 4.98 Å². The van der Waals surface area contributed by atoms with Crippen molar-refractivity contribution in [2.24, 2.45) is 0 Å². The van der Waals surface area contributed by atoms with Gasteiger partial charge in [0, 0.05) is 55.2 Å². The van der Waals surface area contributed by atoms with Crippen LogP contribution in [0, 0.1) is 6.92 Å². The van der Waals surface area contributed by atoms with Crippen molar-refractivity contribution in [2.75, 3.05) is 47.8 Å². The fourth-order valence-corrected chi connectivity index (χ4v) is 3.42. The molecule has 1 aromatic carbocycles. The summed E-state index contributed by atoms with van der Waals surface area (Å²) in [7, 11) is 0. The fourth-order valence-electron chi connectivity index (χ4n) is 3.23. The first-order chi connectivity index (χ1) is 12.7. The molecule has 0 spiro atoms. The first kappa shape index (κ1) is 18.8. The summed E-state index contributed by atoms with van der Waals surface area (Å²) in [5.41, 5.74) is 2.19. The molecule has 0 radical (unpaired) electrons. The average molecular weight is 374 g/mol. The van der Waals surface area contributed by atoms with Gasteiger partial charge in [-0.2, -0.15) is 4.98 Å². The van der Waals surface area contributed by atoms with Crippen LogP contribution in [0.25, 0.3) is 0 Å². The molecule has 6 heteroatoms. The topological polar surface area (TPSA) is 44.3 Å². The van der Waals surface area contributed by atoms with Gasteiger partial charge in [0.05, 0.1) is 0 Å². The van der Waals surface area contributed by atoms with Crippen molar-refractivity contribution in [3.63, 3.8) is 0 Å². The van der Waals surface area contributed by atoms with Gasteiger partial charge in [-0.1, -0.05) is 37.4 Å². The van der Waals surface area contributed by atoms with Crippen molar-refractivity contribution in [3.8, 4) is 0 Å². The molecule has 0 aliphatic carbocycles. The zero-order valence-electron chi connectivity index (χ0n) is 15.7. The number of hydrogen-bond donors (Lipinski definition) is 1. The molecule has 2 aromatic rings. The molecule has 1 fully saturated rings. The summed E-state index contributed by atoms with van der Waals surface area (Å²) in [6, 6.07) is 10.2. The van der Waals surface area contributed by atoms with E-state index in [1.165, 1.54) is 18.5 Å². The zero-order valence-corrected chi connectivity index (χ0v) is 16.5. The van der Waals surface area contributed by atoms with Crippen LogP contribution in [-0.2, 0) is 0 Å². The van der Waals surface area contributed by atoms with E-state index in [-0.39, 0.29) is 0 Å². The average Bonchev–Trinajstić information content (AvgIpc) is 2.65. The summed E-state index contributed by atoms with van der Waals surface area (Å²) in [5.74, 6) is 1.76. The third-order valence-corrected chi connectivity index (χ3v) is 4.92. The van der Waals surface area contributed by atoms with Gasteiger partial charge in [-0.05, 0) is 31.5 Å². The Morgan fingerprint density at radius 1 is 1.04 bits per heavy atom. The number of benzene rings is 1. The lowest BCUT2D eigenvalue weighted by molar-refractivity contribution is 0.646. The lowest BCUT2D eigenvalue weighted by atomic mass is 10.2. The molecule has 1 saturated heterocycles. The van der Waals surface area contributed by atoms with Crippen LogP contribution in [0.1, 0.15) is 31.9 Å². The van der Waals surface area contributed by atoms with Crippen LogP contribution in [0.2, 0.25) is 5.02 Å². The smallest absolute Gasteiger partial charge is 0.224 e. The van der Waals surface area contributed by atoms with Gasteiger partial charge >= 0.3 is 0 Å². The highest BCUT2D eigenvalue weighted by molar-refractivity contribution is 6.30. The lowest BCUT2D eigenvalue weighted by Crippen LogP contribution is -2.46. The van der Waals surface area contributed by atoms with Crippen molar-refractivity contribution in [2.45, 2.75) is 33.1 Å². The number of nitrogens with zero attached hydrogens (tertiary/aromatic N) is 4. The molecule has 0 unspecified atom stereocenters. The van der Waals surface area contributed by atoms with E-state index in [1.54, 1.807) is 0 Å². The van der Waals surface area contributed by atoms with Gasteiger partial charge in [-0.15, -0.1) is 0 Å². The molecule has 0 atom stereocenters. The highest BCUT2D eigenvalue weighted by atomic mass is 35.5. The number of halogens is 1. The third kappa shape index (κ3) is 5.01. The van der Waals surface area contributed by atoms with Crippen molar-refractivity contribution in [1.29, 1.82) is 0 Å². The van der Waals surface area contributed by atoms with E-state index in [2.05, 4.69) is 39.2 Å². The van der Waals surface area contributed by atoms with Crippen LogP contribution in [0.3, 0.4) is 0 Å². The minimum absolute atomic E-state index is 0.744. The second-order valence-electron chi connectivity index (χ2n) is 6.78. The second-order valence-corrected chi connectivity index (χ2v) is 7.22. The summed E-state index contributed by atoms with van der Waals surface area (Å²) in [6.07, 6.45) is 3.61. The largest absolute Gasteiger partial charge is 0.368 e. The third-order valence-electron chi connectivity index (χ3n) is 4.68. The molecule has 3 rings (SSSR count). The Morgan fingerprint density at radius 2 is 1.81 bits per heavy atom. The lowest BCUT2D eigenvalue weighted by Gasteiger charge is -2.37. The van der Waals surface area contributed by atoms with Gasteiger partial charge in [0.15, 0.2) is 0 Å². The summed E-state index contributed by atoms with van der Waals surface area (Å²) in [6.45, 7) is 8.98. The van der Waals surface area contributed by atoms with Crippen LogP contribution in [-0.4, -0.2) is 42.7 Å². The number of hydrogen-bond acceptors (Lipinski definition) is 5. The van der Waals surface area contributed by atoms with E-state index in [0.717, 1.165) is 61.6 Å². The van der Waals surface area contributed by atoms with E-state index < -0.39 is 0 Å². The molecule has 0 amide bonds. The van der Waals surface area contributed by atoms with Crippen molar-refractivity contribution >= 4 is 29.1 Å². The Bertz CT molecular complexity index is 713. The number of rotatable bonds is 7. The van der Waals surface area contributed by atoms with Crippen LogP contribution < -0.4 is 15.1 Å². The molecule has 26 heavy (non-hydrogen) atoms. The SMILES string of the molecule is CCCCCNc1nc(C)cc(N2CCN(c3cccc(Cl)c3)CC2)n1. The molecule has 2 heterocycles. The Balaban J connectivity index is 1.61. The molecule has 5 nitrogen and oxygen atoms in total. The highest BCUT2D eigenvalue weighted by Crippen LogP contribution is 2.23. The van der Waals surface area contributed by atoms with Gasteiger partial charge in [0.25, 0.3) is 0 Å².